The summed E-state index contributed by atoms with van der Waals surface area (Å²) in [5.41, 5.74) is 0.770. The van der Waals surface area contributed by atoms with Crippen LogP contribution in [0.25, 0.3) is 0 Å². The highest BCUT2D eigenvalue weighted by molar-refractivity contribution is 5.76. The van der Waals surface area contributed by atoms with Crippen molar-refractivity contribution in [3.05, 3.63) is 12.5 Å². The third kappa shape index (κ3) is 2.52. The van der Waals surface area contributed by atoms with Crippen molar-refractivity contribution in [1.82, 2.24) is 0 Å². The van der Waals surface area contributed by atoms with Crippen molar-refractivity contribution in [3.8, 4) is 5.75 Å². The van der Waals surface area contributed by atoms with E-state index in [0.717, 1.165) is 5.69 Å². The third-order valence-electron chi connectivity index (χ3n) is 2.25. The van der Waals surface area contributed by atoms with E-state index in [1.54, 1.807) is 20.1 Å². The first kappa shape index (κ1) is 10.1. The molecule has 82 valence electrons. The Bertz CT molecular complexity index is 352. The Morgan fingerprint density at radius 1 is 1.53 bits per heavy atom. The molecule has 1 saturated carbocycles. The Labute approximate surface area is 88.6 Å². The normalized spacial score (nSPS) is 15.4. The molecule has 0 radical (unpaired) electrons. The molecule has 0 bridgehead atoms. The zero-order chi connectivity index (χ0) is 10.8. The van der Waals surface area contributed by atoms with Crippen LogP contribution in [0.5, 0.6) is 5.75 Å². The van der Waals surface area contributed by atoms with Crippen molar-refractivity contribution < 1.29 is 13.9 Å². The van der Waals surface area contributed by atoms with Crippen molar-refractivity contribution in [2.24, 2.45) is 5.92 Å². The maximum Gasteiger partial charge on any atom is 0.313 e. The average molecular weight is 209 g/mol. The van der Waals surface area contributed by atoms with E-state index in [1.807, 2.05) is 0 Å². The summed E-state index contributed by atoms with van der Waals surface area (Å²) in [4.78, 5) is 11.4. The third-order valence-corrected chi connectivity index (χ3v) is 2.25. The van der Waals surface area contributed by atoms with Gasteiger partial charge in [-0.1, -0.05) is 13.8 Å². The van der Waals surface area contributed by atoms with Crippen LogP contribution in [0, 0.1) is 5.92 Å². The Morgan fingerprint density at radius 3 is 2.87 bits per heavy atom. The van der Waals surface area contributed by atoms with Crippen LogP contribution < -0.4 is 10.1 Å². The van der Waals surface area contributed by atoms with E-state index in [4.69, 9.17) is 9.15 Å². The van der Waals surface area contributed by atoms with Crippen LogP contribution in [0.3, 0.4) is 0 Å². The molecule has 1 aromatic rings. The summed E-state index contributed by atoms with van der Waals surface area (Å²) in [6.45, 7) is 3.60. The molecule has 0 atom stereocenters. The number of ether oxygens (including phenoxy) is 1. The number of esters is 1. The standard InChI is InChI=1S/C11H15NO3/c1-7(2)11(13)15-10-6-14-5-9(10)12-8-3-4-8/h5-8,12H,3-4H2,1-2H3. The number of anilines is 1. The lowest BCUT2D eigenvalue weighted by atomic mass is 10.2. The molecular weight excluding hydrogens is 194 g/mol. The van der Waals surface area contributed by atoms with Crippen molar-refractivity contribution >= 4 is 11.7 Å². The van der Waals surface area contributed by atoms with Gasteiger partial charge in [-0.05, 0) is 12.8 Å². The van der Waals surface area contributed by atoms with E-state index in [2.05, 4.69) is 5.32 Å². The van der Waals surface area contributed by atoms with Crippen LogP contribution in [0.4, 0.5) is 5.69 Å². The fourth-order valence-corrected chi connectivity index (χ4v) is 1.14. The van der Waals surface area contributed by atoms with E-state index in [0.29, 0.717) is 11.8 Å². The quantitative estimate of drug-likeness (QED) is 0.774. The Morgan fingerprint density at radius 2 is 2.27 bits per heavy atom. The summed E-state index contributed by atoms with van der Waals surface area (Å²) >= 11 is 0. The van der Waals surface area contributed by atoms with Crippen molar-refractivity contribution in [1.29, 1.82) is 0 Å². The molecule has 0 amide bonds. The molecule has 0 aliphatic heterocycles. The monoisotopic (exact) mass is 209 g/mol. The Hall–Kier alpha value is -1.45. The highest BCUT2D eigenvalue weighted by Gasteiger charge is 2.24. The van der Waals surface area contributed by atoms with E-state index in [1.165, 1.54) is 19.1 Å². The van der Waals surface area contributed by atoms with Crippen LogP contribution in [0.1, 0.15) is 26.7 Å². The van der Waals surface area contributed by atoms with Gasteiger partial charge < -0.3 is 14.5 Å². The molecule has 0 saturated heterocycles. The number of carbonyl (C=O) groups excluding carboxylic acids is 1. The highest BCUT2D eigenvalue weighted by atomic mass is 16.5. The lowest BCUT2D eigenvalue weighted by Crippen LogP contribution is -2.15. The summed E-state index contributed by atoms with van der Waals surface area (Å²) in [5.74, 6) is 0.115. The fraction of sp³-hybridized carbons (Fsp3) is 0.545. The van der Waals surface area contributed by atoms with E-state index < -0.39 is 0 Å². The maximum absolute atomic E-state index is 11.4. The van der Waals surface area contributed by atoms with Crippen LogP contribution in [-0.2, 0) is 4.79 Å². The molecule has 4 heteroatoms. The lowest BCUT2D eigenvalue weighted by molar-refractivity contribution is -0.137. The summed E-state index contributed by atoms with van der Waals surface area (Å²) in [7, 11) is 0. The molecule has 0 aromatic carbocycles. The van der Waals surface area contributed by atoms with Crippen molar-refractivity contribution in [3.63, 3.8) is 0 Å². The molecule has 1 heterocycles. The van der Waals surface area contributed by atoms with Gasteiger partial charge in [0.1, 0.15) is 18.2 Å². The molecule has 15 heavy (non-hydrogen) atoms. The van der Waals surface area contributed by atoms with Gasteiger partial charge in [-0.2, -0.15) is 0 Å². The lowest BCUT2D eigenvalue weighted by Gasteiger charge is -2.07. The van der Waals surface area contributed by atoms with Crippen LogP contribution in [0.15, 0.2) is 16.9 Å². The van der Waals surface area contributed by atoms with Crippen LogP contribution in [-0.4, -0.2) is 12.0 Å². The second kappa shape index (κ2) is 3.96. The smallest absolute Gasteiger partial charge is 0.313 e. The maximum atomic E-state index is 11.4. The minimum atomic E-state index is -0.241. The minimum Gasteiger partial charge on any atom is -0.466 e. The summed E-state index contributed by atoms with van der Waals surface area (Å²) in [6.07, 6.45) is 5.36. The first-order valence-electron chi connectivity index (χ1n) is 5.21. The van der Waals surface area contributed by atoms with Crippen molar-refractivity contribution in [2.45, 2.75) is 32.7 Å². The van der Waals surface area contributed by atoms with Gasteiger partial charge in [0.2, 0.25) is 0 Å². The predicted molar refractivity (Wildman–Crippen MR) is 55.8 cm³/mol. The molecule has 2 rings (SSSR count). The molecule has 0 unspecified atom stereocenters. The van der Waals surface area contributed by atoms with Crippen LogP contribution >= 0.6 is 0 Å². The second-order valence-electron chi connectivity index (χ2n) is 4.14. The van der Waals surface area contributed by atoms with Crippen LogP contribution in [0.2, 0.25) is 0 Å². The van der Waals surface area contributed by atoms with Gasteiger partial charge in [0, 0.05) is 6.04 Å². The molecule has 1 aliphatic rings. The van der Waals surface area contributed by atoms with E-state index in [-0.39, 0.29) is 11.9 Å². The van der Waals surface area contributed by atoms with Gasteiger partial charge in [-0.15, -0.1) is 0 Å². The minimum absolute atomic E-state index is 0.131. The summed E-state index contributed by atoms with van der Waals surface area (Å²) in [5, 5.41) is 3.24. The number of carbonyl (C=O) groups is 1. The van der Waals surface area contributed by atoms with Gasteiger partial charge >= 0.3 is 5.97 Å². The van der Waals surface area contributed by atoms with E-state index in [9.17, 15) is 4.79 Å². The number of hydrogen-bond donors (Lipinski definition) is 1. The molecular formula is C11H15NO3. The first-order chi connectivity index (χ1) is 7.16. The number of rotatable bonds is 4. The predicted octanol–water partition coefficient (Wildman–Crippen LogP) is 2.42. The molecule has 1 aromatic heterocycles. The molecule has 0 spiro atoms. The van der Waals surface area contributed by atoms with Gasteiger partial charge in [0.25, 0.3) is 0 Å². The molecule has 1 N–H and O–H groups in total. The number of hydrogen-bond acceptors (Lipinski definition) is 4. The van der Waals surface area contributed by atoms with Crippen molar-refractivity contribution in [2.75, 3.05) is 5.32 Å². The van der Waals surface area contributed by atoms with Gasteiger partial charge in [0.05, 0.1) is 5.92 Å². The van der Waals surface area contributed by atoms with Gasteiger partial charge in [-0.25, -0.2) is 0 Å². The fourth-order valence-electron chi connectivity index (χ4n) is 1.14. The highest BCUT2D eigenvalue weighted by Crippen LogP contribution is 2.32. The zero-order valence-corrected chi connectivity index (χ0v) is 8.95. The summed E-state index contributed by atoms with van der Waals surface area (Å²) < 4.78 is 10.2. The Kier molecular flexibility index (Phi) is 2.66. The molecule has 4 nitrogen and oxygen atoms in total. The second-order valence-corrected chi connectivity index (χ2v) is 4.14. The topological polar surface area (TPSA) is 51.5 Å². The molecule has 1 aliphatic carbocycles. The zero-order valence-electron chi connectivity index (χ0n) is 8.95. The summed E-state index contributed by atoms with van der Waals surface area (Å²) in [6, 6.07) is 0.513. The molecule has 1 fully saturated rings. The number of nitrogens with one attached hydrogen (secondary N) is 1. The first-order valence-corrected chi connectivity index (χ1v) is 5.21. The van der Waals surface area contributed by atoms with E-state index >= 15 is 0 Å². The van der Waals surface area contributed by atoms with Gasteiger partial charge in [-0.3, -0.25) is 4.79 Å². The number of furan rings is 1. The van der Waals surface area contributed by atoms with Gasteiger partial charge in [0.15, 0.2) is 5.75 Å². The SMILES string of the molecule is CC(C)C(=O)Oc1cocc1NC1CC1. The Balaban J connectivity index is 2.00. The average Bonchev–Trinajstić information content (AvgIpc) is 2.88. The largest absolute Gasteiger partial charge is 0.466 e.